The lowest BCUT2D eigenvalue weighted by Gasteiger charge is -2.17. The highest BCUT2D eigenvalue weighted by atomic mass is 32.2. The fraction of sp³-hybridized carbons (Fsp3) is 0.750. The van der Waals surface area contributed by atoms with Crippen LogP contribution < -0.4 is 0 Å². The van der Waals surface area contributed by atoms with Crippen molar-refractivity contribution in [3.8, 4) is 0 Å². The maximum atomic E-state index is 11.9. The Morgan fingerprint density at radius 2 is 1.87 bits per heavy atom. The molecule has 10 heteroatoms. The molecule has 3 heterocycles. The zero-order valence-electron chi connectivity index (χ0n) is 18.5. The minimum Gasteiger partial charge on any atom is -0.301 e. The quantitative estimate of drug-likeness (QED) is 0.601. The van der Waals surface area contributed by atoms with Crippen LogP contribution in [0.4, 0.5) is 0 Å². The molecule has 1 unspecified atom stereocenters. The van der Waals surface area contributed by atoms with E-state index in [-0.39, 0.29) is 17.5 Å². The number of hydrogen-bond donors (Lipinski definition) is 0. The molecule has 2 aliphatic rings. The molecule has 0 radical (unpaired) electrons. The van der Waals surface area contributed by atoms with E-state index in [0.29, 0.717) is 31.6 Å². The van der Waals surface area contributed by atoms with Gasteiger partial charge in [0.2, 0.25) is 0 Å². The Labute approximate surface area is 183 Å². The number of nitrogens with zero attached hydrogens (tertiary/aromatic N) is 6. The molecule has 4 rings (SSSR count). The summed E-state index contributed by atoms with van der Waals surface area (Å²) >= 11 is 5.74. The van der Waals surface area contributed by atoms with Crippen LogP contribution in [0.25, 0.3) is 0 Å². The summed E-state index contributed by atoms with van der Waals surface area (Å²) in [5, 5.41) is 9.51. The van der Waals surface area contributed by atoms with Crippen molar-refractivity contribution in [2.75, 3.05) is 18.6 Å². The summed E-state index contributed by atoms with van der Waals surface area (Å²) in [7, 11) is -0.881. The van der Waals surface area contributed by atoms with E-state index < -0.39 is 9.84 Å². The molecule has 8 nitrogen and oxygen atoms in total. The van der Waals surface area contributed by atoms with E-state index in [0.717, 1.165) is 27.5 Å². The van der Waals surface area contributed by atoms with Crippen LogP contribution in [0.1, 0.15) is 73.9 Å². The second-order valence-electron chi connectivity index (χ2n) is 9.20. The van der Waals surface area contributed by atoms with Gasteiger partial charge in [-0.3, -0.25) is 9.58 Å². The van der Waals surface area contributed by atoms with E-state index in [1.807, 2.05) is 23.2 Å². The van der Waals surface area contributed by atoms with Crippen LogP contribution in [0.15, 0.2) is 0 Å². The minimum atomic E-state index is -2.94. The fourth-order valence-electron chi connectivity index (χ4n) is 4.40. The maximum Gasteiger partial charge on any atom is 0.199 e. The zero-order valence-corrected chi connectivity index (χ0v) is 20.1. The molecule has 0 aromatic carbocycles. The molecule has 2 aromatic heterocycles. The molecule has 2 aromatic rings. The first-order valence-corrected chi connectivity index (χ1v) is 12.9. The Hall–Kier alpha value is -1.52. The van der Waals surface area contributed by atoms with Crippen molar-refractivity contribution in [2.24, 2.45) is 0 Å². The lowest BCUT2D eigenvalue weighted by Crippen LogP contribution is -2.23. The van der Waals surface area contributed by atoms with Crippen molar-refractivity contribution < 1.29 is 8.42 Å². The lowest BCUT2D eigenvalue weighted by atomic mass is 10.2. The van der Waals surface area contributed by atoms with E-state index in [1.165, 1.54) is 12.8 Å². The van der Waals surface area contributed by atoms with Crippen LogP contribution in [-0.2, 0) is 23.1 Å². The Bertz CT molecular complexity index is 1110. The van der Waals surface area contributed by atoms with Gasteiger partial charge in [-0.05, 0) is 52.4 Å². The van der Waals surface area contributed by atoms with Gasteiger partial charge in [0.05, 0.1) is 29.9 Å². The van der Waals surface area contributed by atoms with Gasteiger partial charge >= 0.3 is 0 Å². The van der Waals surface area contributed by atoms with Gasteiger partial charge in [0, 0.05) is 29.8 Å². The van der Waals surface area contributed by atoms with Crippen LogP contribution in [-0.4, -0.2) is 56.0 Å². The van der Waals surface area contributed by atoms with Crippen LogP contribution in [0.2, 0.25) is 0 Å². The first-order chi connectivity index (χ1) is 14.1. The molecule has 166 valence electrons. The van der Waals surface area contributed by atoms with Crippen LogP contribution in [0.5, 0.6) is 0 Å². The lowest BCUT2D eigenvalue weighted by molar-refractivity contribution is 0.242. The highest BCUT2D eigenvalue weighted by molar-refractivity contribution is 7.91. The molecular formula is C20H32N6O2S2. The Morgan fingerprint density at radius 1 is 1.17 bits per heavy atom. The van der Waals surface area contributed by atoms with Gasteiger partial charge in [-0.2, -0.15) is 10.2 Å². The predicted octanol–water partition coefficient (Wildman–Crippen LogP) is 3.13. The molecule has 30 heavy (non-hydrogen) atoms. The highest BCUT2D eigenvalue weighted by Crippen LogP contribution is 2.37. The summed E-state index contributed by atoms with van der Waals surface area (Å²) in [6.07, 6.45) is 3.01. The molecule has 0 N–H and O–H groups in total. The summed E-state index contributed by atoms with van der Waals surface area (Å²) in [4.78, 5) is 2.19. The molecule has 2 fully saturated rings. The summed E-state index contributed by atoms with van der Waals surface area (Å²) in [5.41, 5.74) is 3.16. The van der Waals surface area contributed by atoms with Crippen LogP contribution >= 0.6 is 12.2 Å². The van der Waals surface area contributed by atoms with Crippen molar-refractivity contribution in [1.29, 1.82) is 0 Å². The third kappa shape index (κ3) is 4.13. The standard InChI is InChI=1S/C20H32N6O2S2/c1-13(2)19-22-24(20(29)25(19)16-6-7-16)12-23(5)10-18-14(3)21-26(15(18)4)17-8-9-30(27,28)11-17/h13,16-17H,6-12H2,1-5H3. The second-order valence-corrected chi connectivity index (χ2v) is 11.8. The van der Waals surface area contributed by atoms with E-state index in [4.69, 9.17) is 17.3 Å². The molecule has 1 saturated heterocycles. The van der Waals surface area contributed by atoms with Gasteiger partial charge in [0.15, 0.2) is 14.6 Å². The molecular weight excluding hydrogens is 420 g/mol. The maximum absolute atomic E-state index is 11.9. The van der Waals surface area contributed by atoms with Gasteiger partial charge in [-0.15, -0.1) is 0 Å². The average molecular weight is 453 g/mol. The number of rotatable bonds is 7. The monoisotopic (exact) mass is 452 g/mol. The van der Waals surface area contributed by atoms with Gasteiger partial charge in [-0.25, -0.2) is 13.1 Å². The number of sulfone groups is 1. The second kappa shape index (κ2) is 7.87. The number of aromatic nitrogens is 5. The molecule has 1 aliphatic heterocycles. The largest absolute Gasteiger partial charge is 0.301 e. The third-order valence-corrected chi connectivity index (χ3v) is 8.32. The van der Waals surface area contributed by atoms with Gasteiger partial charge < -0.3 is 4.57 Å². The first kappa shape index (κ1) is 21.7. The third-order valence-electron chi connectivity index (χ3n) is 6.16. The molecule has 1 atom stereocenters. The van der Waals surface area contributed by atoms with Crippen molar-refractivity contribution in [1.82, 2.24) is 29.0 Å². The van der Waals surface area contributed by atoms with Gasteiger partial charge in [-0.1, -0.05) is 13.8 Å². The topological polar surface area (TPSA) is 78.0 Å². The van der Waals surface area contributed by atoms with E-state index in [9.17, 15) is 8.42 Å². The SMILES string of the molecule is Cc1nn(C2CCS(=O)(=O)C2)c(C)c1CN(C)Cn1nc(C(C)C)n(C2CC2)c1=S. The molecule has 1 saturated carbocycles. The molecule has 1 aliphatic carbocycles. The molecule has 0 bridgehead atoms. The van der Waals surface area contributed by atoms with Crippen molar-refractivity contribution in [2.45, 2.75) is 78.2 Å². The first-order valence-electron chi connectivity index (χ1n) is 10.7. The summed E-state index contributed by atoms with van der Waals surface area (Å²) in [6.45, 7) is 9.69. The van der Waals surface area contributed by atoms with E-state index in [1.54, 1.807) is 0 Å². The zero-order chi connectivity index (χ0) is 21.8. The van der Waals surface area contributed by atoms with Crippen molar-refractivity contribution in [3.05, 3.63) is 27.5 Å². The Morgan fingerprint density at radius 3 is 2.43 bits per heavy atom. The Balaban J connectivity index is 1.52. The number of aryl methyl sites for hydroxylation is 1. The summed E-state index contributed by atoms with van der Waals surface area (Å²) < 4.78 is 30.7. The summed E-state index contributed by atoms with van der Waals surface area (Å²) in [5.74, 6) is 1.85. The number of hydrogen-bond acceptors (Lipinski definition) is 6. The normalized spacial score (nSPS) is 21.2. The summed E-state index contributed by atoms with van der Waals surface area (Å²) in [6, 6.07) is 0.462. The highest BCUT2D eigenvalue weighted by Gasteiger charge is 2.32. The van der Waals surface area contributed by atoms with Crippen molar-refractivity contribution in [3.63, 3.8) is 0 Å². The van der Waals surface area contributed by atoms with E-state index >= 15 is 0 Å². The van der Waals surface area contributed by atoms with Gasteiger partial charge in [0.1, 0.15) is 5.82 Å². The minimum absolute atomic E-state index is 0.0517. The Kier molecular flexibility index (Phi) is 5.69. The average Bonchev–Trinajstić information content (AvgIpc) is 3.28. The van der Waals surface area contributed by atoms with Gasteiger partial charge in [0.25, 0.3) is 0 Å². The predicted molar refractivity (Wildman–Crippen MR) is 119 cm³/mol. The smallest absolute Gasteiger partial charge is 0.199 e. The molecule has 0 amide bonds. The van der Waals surface area contributed by atoms with Crippen molar-refractivity contribution >= 4 is 22.1 Å². The van der Waals surface area contributed by atoms with Crippen LogP contribution in [0, 0.1) is 18.6 Å². The molecule has 0 spiro atoms. The van der Waals surface area contributed by atoms with Crippen LogP contribution in [0.3, 0.4) is 0 Å². The van der Waals surface area contributed by atoms with E-state index in [2.05, 4.69) is 35.5 Å². The fourth-order valence-corrected chi connectivity index (χ4v) is 6.43.